The fraction of sp³-hybridized carbons (Fsp3) is 0.125. The lowest BCUT2D eigenvalue weighted by molar-refractivity contribution is 0.481. The first-order chi connectivity index (χ1) is 8.81. The minimum atomic E-state index is 0.342. The van der Waals surface area contributed by atoms with Crippen LogP contribution in [-0.4, -0.2) is 5.11 Å². The second-order valence-electron chi connectivity index (χ2n) is 4.34. The zero-order chi connectivity index (χ0) is 12.5. The van der Waals surface area contributed by atoms with Crippen molar-refractivity contribution in [1.82, 2.24) is 0 Å². The second kappa shape index (κ2) is 4.22. The Kier molecular flexibility index (Phi) is 2.56. The van der Waals surface area contributed by atoms with Gasteiger partial charge in [0.2, 0.25) is 0 Å². The minimum Gasteiger partial charge on any atom is -0.507 e. The number of hydrogen-bond acceptors (Lipinski definition) is 2. The third kappa shape index (κ3) is 1.58. The number of hydrogen-bond donors (Lipinski definition) is 1. The molecule has 90 valence electrons. The second-order valence-corrected chi connectivity index (χ2v) is 4.34. The molecule has 2 nitrogen and oxygen atoms in total. The molecule has 0 atom stereocenters. The highest BCUT2D eigenvalue weighted by molar-refractivity contribution is 6.01. The molecule has 0 saturated heterocycles. The van der Waals surface area contributed by atoms with E-state index in [-0.39, 0.29) is 0 Å². The molecule has 2 aromatic carbocycles. The first-order valence-corrected chi connectivity index (χ1v) is 6.07. The van der Waals surface area contributed by atoms with E-state index in [1.807, 2.05) is 36.4 Å². The lowest BCUT2D eigenvalue weighted by atomic mass is 9.93. The highest BCUT2D eigenvalue weighted by atomic mass is 16.3. The summed E-state index contributed by atoms with van der Waals surface area (Å²) in [6, 6.07) is 11.7. The number of furan rings is 1. The van der Waals surface area contributed by atoms with Crippen LogP contribution >= 0.6 is 0 Å². The van der Waals surface area contributed by atoms with Gasteiger partial charge >= 0.3 is 0 Å². The van der Waals surface area contributed by atoms with E-state index < -0.39 is 0 Å². The molecule has 1 aromatic heterocycles. The zero-order valence-corrected chi connectivity index (χ0v) is 10.2. The average Bonchev–Trinajstić information content (AvgIpc) is 2.92. The Morgan fingerprint density at radius 1 is 1.11 bits per heavy atom. The third-order valence-electron chi connectivity index (χ3n) is 3.30. The Bertz CT molecular complexity index is 682. The fourth-order valence-corrected chi connectivity index (χ4v) is 2.44. The lowest BCUT2D eigenvalue weighted by Gasteiger charge is -2.12. The molecule has 1 N–H and O–H groups in total. The van der Waals surface area contributed by atoms with Gasteiger partial charge in [0.25, 0.3) is 0 Å². The van der Waals surface area contributed by atoms with E-state index in [1.54, 1.807) is 12.5 Å². The van der Waals surface area contributed by atoms with Gasteiger partial charge in [0.1, 0.15) is 5.75 Å². The highest BCUT2D eigenvalue weighted by Gasteiger charge is 2.12. The van der Waals surface area contributed by atoms with Crippen LogP contribution in [0.2, 0.25) is 0 Å². The number of aromatic hydroxyl groups is 1. The molecular formula is C16H14O2. The van der Waals surface area contributed by atoms with Gasteiger partial charge < -0.3 is 9.52 Å². The van der Waals surface area contributed by atoms with Crippen LogP contribution in [0.5, 0.6) is 5.75 Å². The summed E-state index contributed by atoms with van der Waals surface area (Å²) < 4.78 is 5.19. The number of phenols is 1. The summed E-state index contributed by atoms with van der Waals surface area (Å²) in [5, 5.41) is 12.0. The first-order valence-electron chi connectivity index (χ1n) is 6.07. The standard InChI is InChI=1S/C16H14O2/c1-2-11-9-15(17)13-5-3-4-6-14(13)16(11)12-7-8-18-10-12/h3-10,17H,2H2,1H3. The van der Waals surface area contributed by atoms with Gasteiger partial charge in [0.15, 0.2) is 0 Å². The van der Waals surface area contributed by atoms with Crippen molar-refractivity contribution >= 4 is 10.8 Å². The molecule has 2 heteroatoms. The van der Waals surface area contributed by atoms with Gasteiger partial charge in [0, 0.05) is 10.9 Å². The molecule has 0 aliphatic carbocycles. The lowest BCUT2D eigenvalue weighted by Crippen LogP contribution is -1.89. The predicted molar refractivity (Wildman–Crippen MR) is 72.7 cm³/mol. The molecule has 0 bridgehead atoms. The van der Waals surface area contributed by atoms with Crippen molar-refractivity contribution in [1.29, 1.82) is 0 Å². The number of fused-ring (bicyclic) bond motifs is 1. The van der Waals surface area contributed by atoms with E-state index in [9.17, 15) is 5.11 Å². The van der Waals surface area contributed by atoms with E-state index in [2.05, 4.69) is 6.92 Å². The van der Waals surface area contributed by atoms with E-state index in [4.69, 9.17) is 4.42 Å². The normalized spacial score (nSPS) is 10.9. The van der Waals surface area contributed by atoms with Gasteiger partial charge in [-0.2, -0.15) is 0 Å². The minimum absolute atomic E-state index is 0.342. The average molecular weight is 238 g/mol. The van der Waals surface area contributed by atoms with Crippen molar-refractivity contribution < 1.29 is 9.52 Å². The summed E-state index contributed by atoms with van der Waals surface area (Å²) in [6.45, 7) is 2.09. The molecule has 0 amide bonds. The zero-order valence-electron chi connectivity index (χ0n) is 10.2. The van der Waals surface area contributed by atoms with Crippen LogP contribution < -0.4 is 0 Å². The van der Waals surface area contributed by atoms with Crippen molar-refractivity contribution in [2.75, 3.05) is 0 Å². The maximum Gasteiger partial charge on any atom is 0.123 e. The van der Waals surface area contributed by atoms with E-state index >= 15 is 0 Å². The van der Waals surface area contributed by atoms with Gasteiger partial charge in [-0.1, -0.05) is 31.2 Å². The van der Waals surface area contributed by atoms with Crippen molar-refractivity contribution in [3.63, 3.8) is 0 Å². The largest absolute Gasteiger partial charge is 0.507 e. The highest BCUT2D eigenvalue weighted by Crippen LogP contribution is 2.37. The molecule has 0 unspecified atom stereocenters. The molecular weight excluding hydrogens is 224 g/mol. The Morgan fingerprint density at radius 3 is 2.56 bits per heavy atom. The molecule has 0 aliphatic heterocycles. The van der Waals surface area contributed by atoms with Crippen LogP contribution in [0.4, 0.5) is 0 Å². The molecule has 0 radical (unpaired) electrons. The van der Waals surface area contributed by atoms with Crippen LogP contribution in [0.15, 0.2) is 53.3 Å². The van der Waals surface area contributed by atoms with Crippen LogP contribution in [0.25, 0.3) is 21.9 Å². The van der Waals surface area contributed by atoms with Gasteiger partial charge in [-0.05, 0) is 35.1 Å². The van der Waals surface area contributed by atoms with Gasteiger partial charge in [0.05, 0.1) is 12.5 Å². The SMILES string of the molecule is CCc1cc(O)c2ccccc2c1-c1ccoc1. The van der Waals surface area contributed by atoms with E-state index in [1.165, 1.54) is 0 Å². The van der Waals surface area contributed by atoms with Crippen molar-refractivity contribution in [2.24, 2.45) is 0 Å². The Labute approximate surface area is 105 Å². The quantitative estimate of drug-likeness (QED) is 0.719. The summed E-state index contributed by atoms with van der Waals surface area (Å²) in [5.74, 6) is 0.342. The third-order valence-corrected chi connectivity index (χ3v) is 3.30. The molecule has 0 spiro atoms. The molecule has 1 heterocycles. The van der Waals surface area contributed by atoms with Crippen LogP contribution in [0.1, 0.15) is 12.5 Å². The van der Waals surface area contributed by atoms with Gasteiger partial charge in [-0.3, -0.25) is 0 Å². The molecule has 18 heavy (non-hydrogen) atoms. The number of rotatable bonds is 2. The van der Waals surface area contributed by atoms with Crippen molar-refractivity contribution in [2.45, 2.75) is 13.3 Å². The monoisotopic (exact) mass is 238 g/mol. The molecule has 3 rings (SSSR count). The van der Waals surface area contributed by atoms with Crippen LogP contribution in [0.3, 0.4) is 0 Å². The molecule has 0 fully saturated rings. The summed E-state index contributed by atoms with van der Waals surface area (Å²) >= 11 is 0. The topological polar surface area (TPSA) is 33.4 Å². The maximum absolute atomic E-state index is 10.1. The number of benzene rings is 2. The van der Waals surface area contributed by atoms with Crippen LogP contribution in [0, 0.1) is 0 Å². The Morgan fingerprint density at radius 2 is 1.89 bits per heavy atom. The Balaban J connectivity index is 2.44. The number of phenolic OH excluding ortho intramolecular Hbond substituents is 1. The Hall–Kier alpha value is -2.22. The van der Waals surface area contributed by atoms with Gasteiger partial charge in [-0.15, -0.1) is 0 Å². The smallest absolute Gasteiger partial charge is 0.123 e. The summed E-state index contributed by atoms with van der Waals surface area (Å²) in [4.78, 5) is 0. The first kappa shape index (κ1) is 10.9. The maximum atomic E-state index is 10.1. The summed E-state index contributed by atoms with van der Waals surface area (Å²) in [5.41, 5.74) is 3.34. The van der Waals surface area contributed by atoms with E-state index in [0.29, 0.717) is 5.75 Å². The van der Waals surface area contributed by atoms with Crippen LogP contribution in [-0.2, 0) is 6.42 Å². The van der Waals surface area contributed by atoms with Gasteiger partial charge in [-0.25, -0.2) is 0 Å². The predicted octanol–water partition coefficient (Wildman–Crippen LogP) is 4.37. The summed E-state index contributed by atoms with van der Waals surface area (Å²) in [6.07, 6.45) is 4.30. The fourth-order valence-electron chi connectivity index (χ4n) is 2.44. The molecule has 3 aromatic rings. The molecule has 0 aliphatic rings. The van der Waals surface area contributed by atoms with E-state index in [0.717, 1.165) is 33.9 Å². The number of aryl methyl sites for hydroxylation is 1. The summed E-state index contributed by atoms with van der Waals surface area (Å²) in [7, 11) is 0. The molecule has 0 saturated carbocycles. The van der Waals surface area contributed by atoms with Crippen molar-refractivity contribution in [3.05, 3.63) is 54.5 Å². The van der Waals surface area contributed by atoms with Crippen molar-refractivity contribution in [3.8, 4) is 16.9 Å².